The van der Waals surface area contributed by atoms with E-state index in [4.69, 9.17) is 5.73 Å². The number of halogens is 1. The number of H-pyrrole nitrogens is 1. The molecule has 0 unspecified atom stereocenters. The van der Waals surface area contributed by atoms with Crippen molar-refractivity contribution >= 4 is 17.5 Å². The SMILES string of the molecule is Nc1ncc(F)c(-c2cc(C(=O)O)c(C3=CCCC=C3)[nH]2)n1. The number of aromatic carboxylic acids is 1. The summed E-state index contributed by atoms with van der Waals surface area (Å²) in [6.07, 6.45) is 8.44. The molecule has 1 aliphatic carbocycles. The lowest BCUT2D eigenvalue weighted by atomic mass is 10.0. The van der Waals surface area contributed by atoms with Crippen LogP contribution in [0.1, 0.15) is 28.9 Å². The molecule has 0 saturated heterocycles. The average molecular weight is 300 g/mol. The molecule has 2 aromatic heterocycles. The van der Waals surface area contributed by atoms with E-state index in [2.05, 4.69) is 15.0 Å². The summed E-state index contributed by atoms with van der Waals surface area (Å²) in [5, 5.41) is 9.36. The molecule has 1 aliphatic rings. The second-order valence-corrected chi connectivity index (χ2v) is 4.84. The van der Waals surface area contributed by atoms with Gasteiger partial charge in [0.05, 0.1) is 23.1 Å². The molecule has 0 atom stereocenters. The average Bonchev–Trinajstić information content (AvgIpc) is 2.96. The summed E-state index contributed by atoms with van der Waals surface area (Å²) in [7, 11) is 0. The molecule has 3 rings (SSSR count). The number of carbonyl (C=O) groups is 1. The van der Waals surface area contributed by atoms with Gasteiger partial charge in [-0.05, 0) is 24.5 Å². The monoisotopic (exact) mass is 300 g/mol. The van der Waals surface area contributed by atoms with Crippen LogP contribution in [0, 0.1) is 5.82 Å². The summed E-state index contributed by atoms with van der Waals surface area (Å²) in [6, 6.07) is 1.35. The van der Waals surface area contributed by atoms with Crippen molar-refractivity contribution in [3.8, 4) is 11.4 Å². The molecule has 0 aromatic carbocycles. The Balaban J connectivity index is 2.15. The predicted molar refractivity (Wildman–Crippen MR) is 79.5 cm³/mol. The Hall–Kier alpha value is -2.96. The van der Waals surface area contributed by atoms with E-state index in [1.54, 1.807) is 0 Å². The molecular formula is C15H13FN4O2. The number of nitrogens with one attached hydrogen (secondary N) is 1. The number of allylic oxidation sites excluding steroid dienone is 4. The molecule has 112 valence electrons. The number of aromatic amines is 1. The Bertz CT molecular complexity index is 808. The Morgan fingerprint density at radius 2 is 2.23 bits per heavy atom. The number of anilines is 1. The molecule has 4 N–H and O–H groups in total. The van der Waals surface area contributed by atoms with E-state index in [1.165, 1.54) is 6.07 Å². The third kappa shape index (κ3) is 2.48. The molecule has 0 bridgehead atoms. The van der Waals surface area contributed by atoms with Gasteiger partial charge < -0.3 is 15.8 Å². The highest BCUT2D eigenvalue weighted by atomic mass is 19.1. The maximum Gasteiger partial charge on any atom is 0.337 e. The molecule has 7 heteroatoms. The van der Waals surface area contributed by atoms with Crippen LogP contribution in [-0.4, -0.2) is 26.0 Å². The fraction of sp³-hybridized carbons (Fsp3) is 0.133. The van der Waals surface area contributed by atoms with E-state index in [9.17, 15) is 14.3 Å². The van der Waals surface area contributed by atoms with Gasteiger partial charge in [0.25, 0.3) is 0 Å². The number of carboxylic acids is 1. The minimum atomic E-state index is -1.10. The molecule has 0 radical (unpaired) electrons. The van der Waals surface area contributed by atoms with Gasteiger partial charge >= 0.3 is 5.97 Å². The number of rotatable bonds is 3. The van der Waals surface area contributed by atoms with Crippen LogP contribution in [0.4, 0.5) is 10.3 Å². The van der Waals surface area contributed by atoms with E-state index in [1.807, 2.05) is 18.2 Å². The first-order chi connectivity index (χ1) is 10.6. The molecule has 0 saturated carbocycles. The van der Waals surface area contributed by atoms with Gasteiger partial charge in [0.2, 0.25) is 5.95 Å². The second kappa shape index (κ2) is 5.44. The Kier molecular flexibility index (Phi) is 3.46. The van der Waals surface area contributed by atoms with Crippen LogP contribution >= 0.6 is 0 Å². The lowest BCUT2D eigenvalue weighted by molar-refractivity contribution is 0.0697. The van der Waals surface area contributed by atoms with Gasteiger partial charge in [-0.1, -0.05) is 18.2 Å². The zero-order valence-corrected chi connectivity index (χ0v) is 11.5. The van der Waals surface area contributed by atoms with Crippen molar-refractivity contribution in [2.24, 2.45) is 0 Å². The van der Waals surface area contributed by atoms with Gasteiger partial charge in [0.15, 0.2) is 5.82 Å². The first-order valence-electron chi connectivity index (χ1n) is 6.68. The van der Waals surface area contributed by atoms with E-state index >= 15 is 0 Å². The minimum absolute atomic E-state index is 0.0540. The summed E-state index contributed by atoms with van der Waals surface area (Å²) in [5.74, 6) is -1.85. The molecule has 2 heterocycles. The van der Waals surface area contributed by atoms with Crippen LogP contribution in [0.15, 0.2) is 30.5 Å². The second-order valence-electron chi connectivity index (χ2n) is 4.84. The Morgan fingerprint density at radius 3 is 2.91 bits per heavy atom. The molecule has 2 aromatic rings. The van der Waals surface area contributed by atoms with Crippen molar-refractivity contribution < 1.29 is 14.3 Å². The van der Waals surface area contributed by atoms with Gasteiger partial charge in [-0.2, -0.15) is 0 Å². The lowest BCUT2D eigenvalue weighted by Gasteiger charge is -2.06. The highest BCUT2D eigenvalue weighted by Gasteiger charge is 2.20. The molecule has 0 spiro atoms. The highest BCUT2D eigenvalue weighted by molar-refractivity contribution is 5.96. The first kappa shape index (κ1) is 14.0. The van der Waals surface area contributed by atoms with Gasteiger partial charge in [0, 0.05) is 0 Å². The molecule has 0 fully saturated rings. The van der Waals surface area contributed by atoms with Crippen molar-refractivity contribution in [2.75, 3.05) is 5.73 Å². The number of hydrogen-bond donors (Lipinski definition) is 3. The fourth-order valence-electron chi connectivity index (χ4n) is 2.35. The zero-order chi connectivity index (χ0) is 15.7. The summed E-state index contributed by atoms with van der Waals surface area (Å²) in [5.41, 5.74) is 6.91. The maximum atomic E-state index is 13.9. The molecule has 0 amide bonds. The van der Waals surface area contributed by atoms with Crippen LogP contribution in [0.5, 0.6) is 0 Å². The van der Waals surface area contributed by atoms with Gasteiger partial charge in [-0.15, -0.1) is 0 Å². The predicted octanol–water partition coefficient (Wildman–Crippen LogP) is 2.62. The van der Waals surface area contributed by atoms with E-state index in [0.29, 0.717) is 5.69 Å². The topological polar surface area (TPSA) is 105 Å². The third-order valence-corrected chi connectivity index (χ3v) is 3.35. The van der Waals surface area contributed by atoms with Crippen LogP contribution < -0.4 is 5.73 Å². The van der Waals surface area contributed by atoms with Crippen LogP contribution in [0.3, 0.4) is 0 Å². The van der Waals surface area contributed by atoms with Crippen LogP contribution in [-0.2, 0) is 0 Å². The zero-order valence-electron chi connectivity index (χ0n) is 11.5. The van der Waals surface area contributed by atoms with E-state index in [-0.39, 0.29) is 22.9 Å². The first-order valence-corrected chi connectivity index (χ1v) is 6.68. The van der Waals surface area contributed by atoms with Crippen LogP contribution in [0.2, 0.25) is 0 Å². The largest absolute Gasteiger partial charge is 0.478 e. The normalized spacial score (nSPS) is 14.0. The van der Waals surface area contributed by atoms with Gasteiger partial charge in [-0.3, -0.25) is 0 Å². The third-order valence-electron chi connectivity index (χ3n) is 3.35. The van der Waals surface area contributed by atoms with Crippen molar-refractivity contribution in [3.05, 3.63) is 47.6 Å². The van der Waals surface area contributed by atoms with E-state index < -0.39 is 11.8 Å². The van der Waals surface area contributed by atoms with Crippen LogP contribution in [0.25, 0.3) is 17.0 Å². The standard InChI is InChI=1S/C15H13FN4O2/c16-10-7-18-15(17)20-13(10)11-6-9(14(21)22)12(19-11)8-4-2-1-3-5-8/h2,4-7,19H,1,3H2,(H,21,22)(H2,17,18,20). The summed E-state index contributed by atoms with van der Waals surface area (Å²) in [4.78, 5) is 21.8. The Labute approximate surface area is 125 Å². The smallest absolute Gasteiger partial charge is 0.337 e. The minimum Gasteiger partial charge on any atom is -0.478 e. The summed E-state index contributed by atoms with van der Waals surface area (Å²) in [6.45, 7) is 0. The van der Waals surface area contributed by atoms with Crippen molar-refractivity contribution in [1.29, 1.82) is 0 Å². The van der Waals surface area contributed by atoms with E-state index in [0.717, 1.165) is 24.6 Å². The van der Waals surface area contributed by atoms with Crippen molar-refractivity contribution in [3.63, 3.8) is 0 Å². The Morgan fingerprint density at radius 1 is 1.41 bits per heavy atom. The maximum absolute atomic E-state index is 13.9. The van der Waals surface area contributed by atoms with Crippen molar-refractivity contribution in [2.45, 2.75) is 12.8 Å². The van der Waals surface area contributed by atoms with Gasteiger partial charge in [0.1, 0.15) is 5.69 Å². The van der Waals surface area contributed by atoms with Crippen molar-refractivity contribution in [1.82, 2.24) is 15.0 Å². The highest BCUT2D eigenvalue weighted by Crippen LogP contribution is 2.29. The number of nitrogens with two attached hydrogens (primary N) is 1. The summed E-state index contributed by atoms with van der Waals surface area (Å²) >= 11 is 0. The number of nitrogen functional groups attached to an aromatic ring is 1. The quantitative estimate of drug-likeness (QED) is 0.808. The summed E-state index contributed by atoms with van der Waals surface area (Å²) < 4.78 is 13.9. The number of hydrogen-bond acceptors (Lipinski definition) is 4. The number of carboxylic acid groups (broad SMARTS) is 1. The number of nitrogens with zero attached hydrogens (tertiary/aromatic N) is 2. The number of aromatic nitrogens is 3. The molecule has 22 heavy (non-hydrogen) atoms. The van der Waals surface area contributed by atoms with Gasteiger partial charge in [-0.25, -0.2) is 19.2 Å². The molecule has 6 nitrogen and oxygen atoms in total. The molecule has 0 aliphatic heterocycles. The lowest BCUT2D eigenvalue weighted by Crippen LogP contribution is -1.99. The fourth-order valence-corrected chi connectivity index (χ4v) is 2.35. The molecular weight excluding hydrogens is 287 g/mol.